The van der Waals surface area contributed by atoms with Gasteiger partial charge in [-0.2, -0.15) is 0 Å². The Hall–Kier alpha value is -0.450. The second-order valence-electron chi connectivity index (χ2n) is 4.16. The Morgan fingerprint density at radius 3 is 2.88 bits per heavy atom. The van der Waals surface area contributed by atoms with Gasteiger partial charge in [0.05, 0.1) is 10.7 Å². The molecule has 1 unspecified atom stereocenters. The first-order valence-electron chi connectivity index (χ1n) is 6.08. The molecule has 0 fully saturated rings. The summed E-state index contributed by atoms with van der Waals surface area (Å²) in [6.45, 7) is 7.15. The van der Waals surface area contributed by atoms with Crippen molar-refractivity contribution in [3.05, 3.63) is 16.1 Å². The Morgan fingerprint density at radius 2 is 2.31 bits per heavy atom. The molecule has 0 radical (unpaired) electrons. The lowest BCUT2D eigenvalue weighted by molar-refractivity contribution is 0.461. The third-order valence-electron chi connectivity index (χ3n) is 2.86. The van der Waals surface area contributed by atoms with Gasteiger partial charge in [0.25, 0.3) is 0 Å². The molecule has 0 amide bonds. The maximum atomic E-state index is 5.66. The topological polar surface area (TPSA) is 50.9 Å². The molecule has 1 rings (SSSR count). The van der Waals surface area contributed by atoms with Gasteiger partial charge in [-0.1, -0.05) is 13.3 Å². The van der Waals surface area contributed by atoms with Crippen molar-refractivity contribution in [1.82, 2.24) is 10.3 Å². The van der Waals surface area contributed by atoms with Crippen LogP contribution in [-0.4, -0.2) is 24.6 Å². The van der Waals surface area contributed by atoms with E-state index in [9.17, 15) is 0 Å². The highest BCUT2D eigenvalue weighted by atomic mass is 32.1. The van der Waals surface area contributed by atoms with E-state index < -0.39 is 0 Å². The number of aromatic nitrogens is 1. The summed E-state index contributed by atoms with van der Waals surface area (Å²) in [6, 6.07) is 0. The van der Waals surface area contributed by atoms with Crippen molar-refractivity contribution in [3.8, 4) is 0 Å². The van der Waals surface area contributed by atoms with Crippen molar-refractivity contribution in [3.63, 3.8) is 0 Å². The highest BCUT2D eigenvalue weighted by Crippen LogP contribution is 2.08. The van der Waals surface area contributed by atoms with Gasteiger partial charge < -0.3 is 11.1 Å². The first kappa shape index (κ1) is 13.6. The van der Waals surface area contributed by atoms with Gasteiger partial charge in [-0.15, -0.1) is 11.3 Å². The van der Waals surface area contributed by atoms with E-state index in [0.717, 1.165) is 31.1 Å². The van der Waals surface area contributed by atoms with Crippen molar-refractivity contribution >= 4 is 11.3 Å². The highest BCUT2D eigenvalue weighted by Gasteiger charge is 2.02. The SMILES string of the molecule is CCC(CN)CCNCCc1csc(C)n1. The zero-order chi connectivity index (χ0) is 11.8. The van der Waals surface area contributed by atoms with Crippen LogP contribution in [0.2, 0.25) is 0 Å². The number of hydrogen-bond donors (Lipinski definition) is 2. The van der Waals surface area contributed by atoms with E-state index >= 15 is 0 Å². The Morgan fingerprint density at radius 1 is 1.50 bits per heavy atom. The molecule has 3 nitrogen and oxygen atoms in total. The van der Waals surface area contributed by atoms with Crippen LogP contribution in [-0.2, 0) is 6.42 Å². The van der Waals surface area contributed by atoms with Crippen molar-refractivity contribution in [2.75, 3.05) is 19.6 Å². The van der Waals surface area contributed by atoms with Crippen LogP contribution in [0.25, 0.3) is 0 Å². The Kier molecular flexibility index (Phi) is 6.61. The Balaban J connectivity index is 2.04. The molecule has 0 aromatic carbocycles. The van der Waals surface area contributed by atoms with Gasteiger partial charge in [-0.3, -0.25) is 0 Å². The van der Waals surface area contributed by atoms with E-state index in [-0.39, 0.29) is 0 Å². The molecule has 3 N–H and O–H groups in total. The smallest absolute Gasteiger partial charge is 0.0897 e. The highest BCUT2D eigenvalue weighted by molar-refractivity contribution is 7.09. The van der Waals surface area contributed by atoms with E-state index in [2.05, 4.69) is 29.5 Å². The molecule has 0 aliphatic heterocycles. The van der Waals surface area contributed by atoms with Crippen LogP contribution in [0, 0.1) is 12.8 Å². The van der Waals surface area contributed by atoms with Gasteiger partial charge in [0.15, 0.2) is 0 Å². The third kappa shape index (κ3) is 5.05. The molecule has 4 heteroatoms. The van der Waals surface area contributed by atoms with E-state index in [1.54, 1.807) is 11.3 Å². The van der Waals surface area contributed by atoms with Gasteiger partial charge in [0.2, 0.25) is 0 Å². The first-order valence-corrected chi connectivity index (χ1v) is 6.96. The summed E-state index contributed by atoms with van der Waals surface area (Å²) >= 11 is 1.72. The molecular formula is C12H23N3S. The number of nitrogens with one attached hydrogen (secondary N) is 1. The third-order valence-corrected chi connectivity index (χ3v) is 3.69. The van der Waals surface area contributed by atoms with Crippen molar-refractivity contribution in [2.45, 2.75) is 33.1 Å². The molecule has 0 spiro atoms. The molecule has 0 aliphatic rings. The van der Waals surface area contributed by atoms with Crippen LogP contribution in [0.3, 0.4) is 0 Å². The number of aryl methyl sites for hydroxylation is 1. The molecule has 0 aliphatic carbocycles. The lowest BCUT2D eigenvalue weighted by atomic mass is 10.0. The minimum absolute atomic E-state index is 0.675. The molecule has 16 heavy (non-hydrogen) atoms. The second kappa shape index (κ2) is 7.76. The quantitative estimate of drug-likeness (QED) is 0.684. The number of thiazole rings is 1. The molecule has 0 saturated heterocycles. The maximum Gasteiger partial charge on any atom is 0.0897 e. The van der Waals surface area contributed by atoms with Crippen molar-refractivity contribution in [2.24, 2.45) is 11.7 Å². The van der Waals surface area contributed by atoms with Gasteiger partial charge >= 0.3 is 0 Å². The molecule has 0 bridgehead atoms. The summed E-state index contributed by atoms with van der Waals surface area (Å²) in [5, 5.41) is 6.75. The van der Waals surface area contributed by atoms with Crippen LogP contribution in [0.1, 0.15) is 30.5 Å². The van der Waals surface area contributed by atoms with Gasteiger partial charge in [0, 0.05) is 18.3 Å². The van der Waals surface area contributed by atoms with E-state index in [4.69, 9.17) is 5.73 Å². The van der Waals surface area contributed by atoms with Crippen molar-refractivity contribution in [1.29, 1.82) is 0 Å². The van der Waals surface area contributed by atoms with Crippen LogP contribution >= 0.6 is 11.3 Å². The molecular weight excluding hydrogens is 218 g/mol. The summed E-state index contributed by atoms with van der Waals surface area (Å²) in [5.41, 5.74) is 6.86. The number of nitrogens with two attached hydrogens (primary N) is 1. The monoisotopic (exact) mass is 241 g/mol. The largest absolute Gasteiger partial charge is 0.330 e. The predicted octanol–water partition coefficient (Wildman–Crippen LogP) is 1.96. The Labute approximate surface area is 102 Å². The fourth-order valence-electron chi connectivity index (χ4n) is 1.66. The lowest BCUT2D eigenvalue weighted by Gasteiger charge is -2.11. The van der Waals surface area contributed by atoms with E-state index in [1.807, 2.05) is 0 Å². The van der Waals surface area contributed by atoms with Crippen molar-refractivity contribution < 1.29 is 0 Å². The number of rotatable bonds is 8. The standard InChI is InChI=1S/C12H23N3S/c1-3-11(8-13)4-6-14-7-5-12-9-16-10(2)15-12/h9,11,14H,3-8,13H2,1-2H3. The summed E-state index contributed by atoms with van der Waals surface area (Å²) < 4.78 is 0. The average Bonchev–Trinajstić information content (AvgIpc) is 2.70. The zero-order valence-electron chi connectivity index (χ0n) is 10.3. The molecule has 92 valence electrons. The van der Waals surface area contributed by atoms with Crippen LogP contribution in [0.15, 0.2) is 5.38 Å². The van der Waals surface area contributed by atoms with Crippen LogP contribution in [0.4, 0.5) is 0 Å². The Bertz CT molecular complexity index is 282. The average molecular weight is 241 g/mol. The first-order chi connectivity index (χ1) is 7.76. The number of nitrogens with zero attached hydrogens (tertiary/aromatic N) is 1. The fraction of sp³-hybridized carbons (Fsp3) is 0.750. The molecule has 1 aromatic rings. The van der Waals surface area contributed by atoms with E-state index in [0.29, 0.717) is 5.92 Å². The second-order valence-corrected chi connectivity index (χ2v) is 5.22. The van der Waals surface area contributed by atoms with E-state index in [1.165, 1.54) is 18.5 Å². The minimum Gasteiger partial charge on any atom is -0.330 e. The van der Waals surface area contributed by atoms with Gasteiger partial charge in [-0.05, 0) is 32.4 Å². The zero-order valence-corrected chi connectivity index (χ0v) is 11.1. The van der Waals surface area contributed by atoms with Gasteiger partial charge in [0.1, 0.15) is 0 Å². The summed E-state index contributed by atoms with van der Waals surface area (Å²) in [6.07, 6.45) is 3.40. The molecule has 1 aromatic heterocycles. The predicted molar refractivity (Wildman–Crippen MR) is 70.9 cm³/mol. The van der Waals surface area contributed by atoms with Crippen LogP contribution in [0.5, 0.6) is 0 Å². The van der Waals surface area contributed by atoms with Crippen LogP contribution < -0.4 is 11.1 Å². The summed E-state index contributed by atoms with van der Waals surface area (Å²) in [5.74, 6) is 0.675. The summed E-state index contributed by atoms with van der Waals surface area (Å²) in [4.78, 5) is 4.43. The fourth-order valence-corrected chi connectivity index (χ4v) is 2.31. The maximum absolute atomic E-state index is 5.66. The number of hydrogen-bond acceptors (Lipinski definition) is 4. The lowest BCUT2D eigenvalue weighted by Crippen LogP contribution is -2.23. The normalized spacial score (nSPS) is 12.9. The molecule has 1 atom stereocenters. The molecule has 1 heterocycles. The molecule has 0 saturated carbocycles. The minimum atomic E-state index is 0.675. The van der Waals surface area contributed by atoms with Gasteiger partial charge in [-0.25, -0.2) is 4.98 Å². The summed E-state index contributed by atoms with van der Waals surface area (Å²) in [7, 11) is 0.